The Balaban J connectivity index is 2.14. The third-order valence-electron chi connectivity index (χ3n) is 2.83. The zero-order valence-corrected chi connectivity index (χ0v) is 13.4. The first-order valence-electron chi connectivity index (χ1n) is 6.56. The lowest BCUT2D eigenvalue weighted by atomic mass is 9.96. The molecule has 0 aliphatic heterocycles. The first kappa shape index (κ1) is 15.0. The largest absolute Gasteiger partial charge is 0.464 e. The molecule has 1 atom stereocenters. The van der Waals surface area contributed by atoms with Gasteiger partial charge in [-0.05, 0) is 19.1 Å². The van der Waals surface area contributed by atoms with Crippen molar-refractivity contribution in [2.75, 3.05) is 19.0 Å². The topological polar surface area (TPSA) is 60.2 Å². The maximum absolute atomic E-state index is 5.66. The highest BCUT2D eigenvalue weighted by molar-refractivity contribution is 7.09. The molecule has 0 saturated heterocycles. The molecular formula is C14H21N3O2S. The minimum atomic E-state index is -0.0607. The van der Waals surface area contributed by atoms with Crippen LogP contribution in [0.1, 0.15) is 44.2 Å². The fourth-order valence-electron chi connectivity index (χ4n) is 1.74. The second-order valence-electron chi connectivity index (χ2n) is 5.77. The molecule has 110 valence electrons. The van der Waals surface area contributed by atoms with Gasteiger partial charge in [0.1, 0.15) is 23.4 Å². The molecule has 0 bridgehead atoms. The molecule has 5 nitrogen and oxygen atoms in total. The fourth-order valence-corrected chi connectivity index (χ4v) is 2.55. The van der Waals surface area contributed by atoms with Gasteiger partial charge in [0.05, 0.1) is 6.61 Å². The summed E-state index contributed by atoms with van der Waals surface area (Å²) in [7, 11) is 1.67. The van der Waals surface area contributed by atoms with Crippen molar-refractivity contribution in [3.8, 4) is 0 Å². The Morgan fingerprint density at radius 1 is 1.40 bits per heavy atom. The molecule has 0 fully saturated rings. The number of nitrogens with one attached hydrogen (secondary N) is 1. The molecule has 0 saturated carbocycles. The van der Waals surface area contributed by atoms with Gasteiger partial charge in [0.15, 0.2) is 0 Å². The summed E-state index contributed by atoms with van der Waals surface area (Å²) in [5, 5.41) is 4.11. The zero-order chi connectivity index (χ0) is 14.8. The Morgan fingerprint density at radius 2 is 2.15 bits per heavy atom. The quantitative estimate of drug-likeness (QED) is 0.914. The average Bonchev–Trinajstić information content (AvgIpc) is 2.96. The van der Waals surface area contributed by atoms with Gasteiger partial charge in [0, 0.05) is 24.1 Å². The summed E-state index contributed by atoms with van der Waals surface area (Å²) in [6.45, 7) is 8.73. The minimum Gasteiger partial charge on any atom is -0.464 e. The molecule has 0 aliphatic carbocycles. The molecule has 6 heteroatoms. The lowest BCUT2D eigenvalue weighted by Crippen LogP contribution is -2.16. The molecule has 0 aliphatic rings. The van der Waals surface area contributed by atoms with Crippen LogP contribution in [0.2, 0.25) is 0 Å². The first-order chi connectivity index (χ1) is 9.40. The Morgan fingerprint density at radius 3 is 2.65 bits per heavy atom. The number of ether oxygens (including phenoxy) is 1. The molecule has 0 spiro atoms. The maximum Gasteiger partial charge on any atom is 0.203 e. The highest BCUT2D eigenvalue weighted by atomic mass is 32.1. The normalized spacial score (nSPS) is 13.4. The molecule has 2 aromatic rings. The van der Waals surface area contributed by atoms with E-state index in [0.29, 0.717) is 6.61 Å². The third kappa shape index (κ3) is 3.58. The van der Waals surface area contributed by atoms with Crippen molar-refractivity contribution >= 4 is 16.7 Å². The van der Waals surface area contributed by atoms with Crippen molar-refractivity contribution in [2.24, 2.45) is 0 Å². The van der Waals surface area contributed by atoms with Crippen LogP contribution in [0.5, 0.6) is 0 Å². The van der Waals surface area contributed by atoms with Gasteiger partial charge in [-0.3, -0.25) is 0 Å². The second-order valence-corrected chi connectivity index (χ2v) is 6.53. The van der Waals surface area contributed by atoms with E-state index in [2.05, 4.69) is 35.4 Å². The summed E-state index contributed by atoms with van der Waals surface area (Å²) in [5.74, 6) is 2.57. The van der Waals surface area contributed by atoms with E-state index in [0.717, 1.165) is 22.5 Å². The van der Waals surface area contributed by atoms with E-state index in [-0.39, 0.29) is 11.5 Å². The average molecular weight is 295 g/mol. The SMILES string of the molecule is COCC(Nc1nc(C(C)(C)C)ns1)c1ccc(C)o1. The van der Waals surface area contributed by atoms with Gasteiger partial charge in [-0.1, -0.05) is 20.8 Å². The third-order valence-corrected chi connectivity index (χ3v) is 3.48. The van der Waals surface area contributed by atoms with Crippen molar-refractivity contribution in [3.63, 3.8) is 0 Å². The molecule has 0 amide bonds. The number of hydrogen-bond acceptors (Lipinski definition) is 6. The lowest BCUT2D eigenvalue weighted by Gasteiger charge is -2.15. The number of hydrogen-bond donors (Lipinski definition) is 1. The molecule has 2 rings (SSSR count). The molecule has 0 radical (unpaired) electrons. The second kappa shape index (κ2) is 5.93. The van der Waals surface area contributed by atoms with Crippen molar-refractivity contribution in [1.29, 1.82) is 0 Å². The minimum absolute atomic E-state index is 0.0472. The van der Waals surface area contributed by atoms with Crippen molar-refractivity contribution in [2.45, 2.75) is 39.2 Å². The Labute approximate surface area is 123 Å². The van der Waals surface area contributed by atoms with Crippen LogP contribution in [0.3, 0.4) is 0 Å². The van der Waals surface area contributed by atoms with Crippen LogP contribution >= 0.6 is 11.5 Å². The zero-order valence-electron chi connectivity index (χ0n) is 12.6. The predicted octanol–water partition coefficient (Wildman–Crippen LogP) is 3.54. The van der Waals surface area contributed by atoms with Crippen LogP contribution in [0.15, 0.2) is 16.5 Å². The summed E-state index contributed by atoms with van der Waals surface area (Å²) in [4.78, 5) is 4.53. The van der Waals surface area contributed by atoms with Crippen molar-refractivity contribution in [3.05, 3.63) is 29.5 Å². The molecule has 20 heavy (non-hydrogen) atoms. The smallest absolute Gasteiger partial charge is 0.203 e. The fraction of sp³-hybridized carbons (Fsp3) is 0.571. The van der Waals surface area contributed by atoms with Gasteiger partial charge < -0.3 is 14.5 Å². The highest BCUT2D eigenvalue weighted by Crippen LogP contribution is 2.26. The summed E-state index contributed by atoms with van der Waals surface area (Å²) >= 11 is 1.36. The predicted molar refractivity (Wildman–Crippen MR) is 80.3 cm³/mol. The molecular weight excluding hydrogens is 274 g/mol. The van der Waals surface area contributed by atoms with Crippen molar-refractivity contribution in [1.82, 2.24) is 9.36 Å². The number of nitrogens with zero attached hydrogens (tertiary/aromatic N) is 2. The van der Waals surface area contributed by atoms with E-state index in [9.17, 15) is 0 Å². The summed E-state index contributed by atoms with van der Waals surface area (Å²) < 4.78 is 15.3. The van der Waals surface area contributed by atoms with Gasteiger partial charge in [-0.2, -0.15) is 4.37 Å². The van der Waals surface area contributed by atoms with E-state index >= 15 is 0 Å². The molecule has 2 aromatic heterocycles. The first-order valence-corrected chi connectivity index (χ1v) is 7.33. The van der Waals surface area contributed by atoms with E-state index in [1.165, 1.54) is 11.5 Å². The van der Waals surface area contributed by atoms with Gasteiger partial charge in [-0.25, -0.2) is 4.98 Å². The van der Waals surface area contributed by atoms with Gasteiger partial charge in [0.2, 0.25) is 5.13 Å². The van der Waals surface area contributed by atoms with Crippen LogP contribution in [-0.2, 0) is 10.2 Å². The van der Waals surface area contributed by atoms with Crippen molar-refractivity contribution < 1.29 is 9.15 Å². The number of methoxy groups -OCH3 is 1. The van der Waals surface area contributed by atoms with E-state index in [1.807, 2.05) is 19.1 Å². The van der Waals surface area contributed by atoms with Crippen LogP contribution in [-0.4, -0.2) is 23.1 Å². The maximum atomic E-state index is 5.66. The Kier molecular flexibility index (Phi) is 4.45. The van der Waals surface area contributed by atoms with Gasteiger partial charge in [-0.15, -0.1) is 0 Å². The summed E-state index contributed by atoms with van der Waals surface area (Å²) in [6.07, 6.45) is 0. The monoisotopic (exact) mass is 295 g/mol. The Bertz CT molecular complexity index is 557. The van der Waals surface area contributed by atoms with Crippen LogP contribution in [0.4, 0.5) is 5.13 Å². The number of aryl methyl sites for hydroxylation is 1. The van der Waals surface area contributed by atoms with E-state index in [4.69, 9.17) is 9.15 Å². The van der Waals surface area contributed by atoms with E-state index < -0.39 is 0 Å². The number of furan rings is 1. The Hall–Kier alpha value is -1.40. The standard InChI is InChI=1S/C14H21N3O2S/c1-9-6-7-11(19-9)10(8-18-5)15-13-16-12(17-20-13)14(2,3)4/h6-7,10H,8H2,1-5H3,(H,15,16,17). The van der Waals surface area contributed by atoms with Crippen LogP contribution in [0, 0.1) is 6.92 Å². The van der Waals surface area contributed by atoms with Crippen LogP contribution < -0.4 is 5.32 Å². The molecule has 1 unspecified atom stereocenters. The van der Waals surface area contributed by atoms with E-state index in [1.54, 1.807) is 7.11 Å². The summed E-state index contributed by atoms with van der Waals surface area (Å²) in [5.41, 5.74) is -0.0472. The van der Waals surface area contributed by atoms with Gasteiger partial charge >= 0.3 is 0 Å². The number of rotatable bonds is 5. The van der Waals surface area contributed by atoms with Crippen LogP contribution in [0.25, 0.3) is 0 Å². The molecule has 1 N–H and O–H groups in total. The number of aromatic nitrogens is 2. The number of anilines is 1. The van der Waals surface area contributed by atoms with Gasteiger partial charge in [0.25, 0.3) is 0 Å². The molecule has 0 aromatic carbocycles. The lowest BCUT2D eigenvalue weighted by molar-refractivity contribution is 0.178. The molecule has 2 heterocycles. The summed E-state index contributed by atoms with van der Waals surface area (Å²) in [6, 6.07) is 3.84. The highest BCUT2D eigenvalue weighted by Gasteiger charge is 2.22.